The minimum absolute atomic E-state index is 0.0729. The zero-order valence-electron chi connectivity index (χ0n) is 13.5. The van der Waals surface area contributed by atoms with Crippen LogP contribution in [0.4, 0.5) is 5.69 Å². The van der Waals surface area contributed by atoms with Crippen molar-refractivity contribution in [2.45, 2.75) is 19.0 Å². The summed E-state index contributed by atoms with van der Waals surface area (Å²) in [5.74, 6) is 0.213. The molecule has 0 atom stereocenters. The third-order valence-electron chi connectivity index (χ3n) is 3.67. The fourth-order valence-corrected chi connectivity index (χ4v) is 3.17. The molecule has 122 valence electrons. The number of carbonyl (C=O) groups is 1. The first kappa shape index (κ1) is 16.3. The van der Waals surface area contributed by atoms with Gasteiger partial charge in [-0.25, -0.2) is 0 Å². The topological polar surface area (TPSA) is 70.7 Å². The predicted molar refractivity (Wildman–Crippen MR) is 97.1 cm³/mol. The van der Waals surface area contributed by atoms with E-state index in [4.69, 9.17) is 0 Å². The summed E-state index contributed by atoms with van der Waals surface area (Å²) in [6, 6.07) is 14.2. The van der Waals surface area contributed by atoms with Crippen LogP contribution in [-0.4, -0.2) is 26.8 Å². The summed E-state index contributed by atoms with van der Waals surface area (Å²) >= 11 is 1.32. The van der Waals surface area contributed by atoms with E-state index in [1.807, 2.05) is 24.3 Å². The Hall–Kier alpha value is -2.60. The van der Waals surface area contributed by atoms with Crippen molar-refractivity contribution < 1.29 is 4.79 Å². The van der Waals surface area contributed by atoms with Crippen molar-refractivity contribution in [2.24, 2.45) is 0 Å². The molecule has 3 rings (SSSR count). The molecule has 0 spiro atoms. The van der Waals surface area contributed by atoms with Gasteiger partial charge in [-0.2, -0.15) is 0 Å². The number of carbonyl (C=O) groups excluding carboxylic acids is 1. The normalized spacial score (nSPS) is 10.6. The van der Waals surface area contributed by atoms with Crippen LogP contribution < -0.4 is 5.32 Å². The number of hydrogen-bond donors (Lipinski definition) is 2. The molecule has 0 unspecified atom stereocenters. The van der Waals surface area contributed by atoms with Crippen LogP contribution in [-0.2, 0) is 4.79 Å². The van der Waals surface area contributed by atoms with E-state index in [0.717, 1.165) is 11.3 Å². The van der Waals surface area contributed by atoms with Gasteiger partial charge in [-0.1, -0.05) is 42.1 Å². The Morgan fingerprint density at radius 1 is 1.12 bits per heavy atom. The first-order valence-electron chi connectivity index (χ1n) is 7.59. The summed E-state index contributed by atoms with van der Waals surface area (Å²) in [6.45, 7) is 4.22. The van der Waals surface area contributed by atoms with E-state index >= 15 is 0 Å². The smallest absolute Gasteiger partial charge is 0.234 e. The van der Waals surface area contributed by atoms with Gasteiger partial charge in [-0.15, -0.1) is 10.2 Å². The highest BCUT2D eigenvalue weighted by Gasteiger charge is 2.07. The van der Waals surface area contributed by atoms with E-state index < -0.39 is 0 Å². The van der Waals surface area contributed by atoms with Gasteiger partial charge < -0.3 is 10.3 Å². The van der Waals surface area contributed by atoms with Gasteiger partial charge in [-0.05, 0) is 48.2 Å². The van der Waals surface area contributed by atoms with Crippen LogP contribution in [0.15, 0.2) is 53.9 Å². The predicted octanol–water partition coefficient (Wildman–Crippen LogP) is 3.82. The molecule has 0 bridgehead atoms. The minimum Gasteiger partial charge on any atom is -0.325 e. The van der Waals surface area contributed by atoms with Gasteiger partial charge in [0.2, 0.25) is 5.91 Å². The molecule has 2 N–H and O–H groups in total. The van der Waals surface area contributed by atoms with Gasteiger partial charge in [0.05, 0.1) is 5.75 Å². The molecule has 0 fully saturated rings. The van der Waals surface area contributed by atoms with Crippen LogP contribution in [0.5, 0.6) is 0 Å². The lowest BCUT2D eigenvalue weighted by molar-refractivity contribution is -0.113. The van der Waals surface area contributed by atoms with Gasteiger partial charge in [-0.3, -0.25) is 4.79 Å². The van der Waals surface area contributed by atoms with Crippen LogP contribution in [0.1, 0.15) is 11.1 Å². The largest absolute Gasteiger partial charge is 0.325 e. The van der Waals surface area contributed by atoms with Crippen molar-refractivity contribution in [1.29, 1.82) is 0 Å². The molecule has 6 heteroatoms. The number of aromatic nitrogens is 3. The number of nitrogens with zero attached hydrogens (tertiary/aromatic N) is 2. The molecule has 2 aromatic carbocycles. The maximum absolute atomic E-state index is 12.0. The van der Waals surface area contributed by atoms with Crippen LogP contribution in [0.25, 0.3) is 11.1 Å². The molecule has 1 heterocycles. The number of rotatable bonds is 5. The summed E-state index contributed by atoms with van der Waals surface area (Å²) in [7, 11) is 0. The van der Waals surface area contributed by atoms with Gasteiger partial charge in [0.15, 0.2) is 5.16 Å². The summed E-state index contributed by atoms with van der Waals surface area (Å²) in [5.41, 5.74) is 5.68. The molecule has 5 nitrogen and oxygen atoms in total. The van der Waals surface area contributed by atoms with Crippen LogP contribution in [0.3, 0.4) is 0 Å². The van der Waals surface area contributed by atoms with Crippen LogP contribution in [0.2, 0.25) is 0 Å². The average Bonchev–Trinajstić information content (AvgIpc) is 3.08. The Kier molecular flexibility index (Phi) is 4.96. The Bertz CT molecular complexity index is 808. The number of aromatic amines is 1. The summed E-state index contributed by atoms with van der Waals surface area (Å²) in [5, 5.41) is 11.0. The Balaban J connectivity index is 1.65. The second kappa shape index (κ2) is 7.31. The highest BCUT2D eigenvalue weighted by Crippen LogP contribution is 2.28. The Morgan fingerprint density at radius 3 is 2.46 bits per heavy atom. The quantitative estimate of drug-likeness (QED) is 0.694. The first-order valence-corrected chi connectivity index (χ1v) is 8.57. The van der Waals surface area contributed by atoms with E-state index in [1.54, 1.807) is 0 Å². The summed E-state index contributed by atoms with van der Waals surface area (Å²) in [4.78, 5) is 14.8. The lowest BCUT2D eigenvalue weighted by Gasteiger charge is -2.11. The van der Waals surface area contributed by atoms with Crippen LogP contribution >= 0.6 is 11.8 Å². The van der Waals surface area contributed by atoms with Crippen molar-refractivity contribution in [1.82, 2.24) is 15.2 Å². The molecule has 24 heavy (non-hydrogen) atoms. The van der Waals surface area contributed by atoms with Crippen molar-refractivity contribution in [2.75, 3.05) is 11.1 Å². The second-order valence-corrected chi connectivity index (χ2v) is 6.44. The number of aryl methyl sites for hydroxylation is 2. The number of nitrogens with one attached hydrogen (secondary N) is 2. The first-order chi connectivity index (χ1) is 11.6. The van der Waals surface area contributed by atoms with Crippen molar-refractivity contribution in [3.05, 3.63) is 59.9 Å². The number of anilines is 1. The fourth-order valence-electron chi connectivity index (χ4n) is 2.59. The fraction of sp³-hybridized carbons (Fsp3) is 0.167. The van der Waals surface area contributed by atoms with Gasteiger partial charge in [0.1, 0.15) is 6.33 Å². The summed E-state index contributed by atoms with van der Waals surface area (Å²) in [6.07, 6.45) is 1.49. The molecule has 1 aromatic heterocycles. The van der Waals surface area contributed by atoms with E-state index in [0.29, 0.717) is 5.16 Å². The molecule has 0 saturated carbocycles. The standard InChI is InChI=1S/C18H18N4OS/c1-12-4-3-5-13(2)17(12)14-6-8-15(9-7-14)21-16(23)10-24-18-19-11-20-22-18/h3-9,11H,10H2,1-2H3,(H,21,23)(H,19,20,22). The number of thioether (sulfide) groups is 1. The van der Waals surface area contributed by atoms with Crippen LogP contribution in [0, 0.1) is 13.8 Å². The molecule has 0 aliphatic carbocycles. The van der Waals surface area contributed by atoms with E-state index in [2.05, 4.69) is 52.5 Å². The zero-order valence-corrected chi connectivity index (χ0v) is 14.4. The van der Waals surface area contributed by atoms with E-state index in [9.17, 15) is 4.79 Å². The molecule has 0 saturated heterocycles. The third-order valence-corrected chi connectivity index (χ3v) is 4.55. The molecule has 1 amide bonds. The number of benzene rings is 2. The lowest BCUT2D eigenvalue weighted by Crippen LogP contribution is -2.14. The zero-order chi connectivity index (χ0) is 16.9. The van der Waals surface area contributed by atoms with Crippen molar-refractivity contribution in [3.63, 3.8) is 0 Å². The second-order valence-electron chi connectivity index (χ2n) is 5.48. The van der Waals surface area contributed by atoms with E-state index in [-0.39, 0.29) is 11.7 Å². The number of hydrogen-bond acceptors (Lipinski definition) is 4. The minimum atomic E-state index is -0.0729. The third kappa shape index (κ3) is 3.83. The molecular formula is C18H18N4OS. The molecular weight excluding hydrogens is 320 g/mol. The maximum Gasteiger partial charge on any atom is 0.234 e. The number of H-pyrrole nitrogens is 1. The van der Waals surface area contributed by atoms with Gasteiger partial charge in [0.25, 0.3) is 0 Å². The van der Waals surface area contributed by atoms with Gasteiger partial charge >= 0.3 is 0 Å². The van der Waals surface area contributed by atoms with E-state index in [1.165, 1.54) is 34.8 Å². The molecule has 0 radical (unpaired) electrons. The summed E-state index contributed by atoms with van der Waals surface area (Å²) < 4.78 is 0. The SMILES string of the molecule is Cc1cccc(C)c1-c1ccc(NC(=O)CSc2nnc[nH]2)cc1. The van der Waals surface area contributed by atoms with Crippen molar-refractivity contribution >= 4 is 23.4 Å². The monoisotopic (exact) mass is 338 g/mol. The molecule has 0 aliphatic rings. The maximum atomic E-state index is 12.0. The highest BCUT2D eigenvalue weighted by atomic mass is 32.2. The highest BCUT2D eigenvalue weighted by molar-refractivity contribution is 7.99. The molecule has 0 aliphatic heterocycles. The lowest BCUT2D eigenvalue weighted by atomic mass is 9.96. The molecule has 3 aromatic rings. The number of amides is 1. The Morgan fingerprint density at radius 2 is 1.83 bits per heavy atom. The Labute approximate surface area is 144 Å². The average molecular weight is 338 g/mol. The van der Waals surface area contributed by atoms with Crippen molar-refractivity contribution in [3.8, 4) is 11.1 Å². The van der Waals surface area contributed by atoms with Gasteiger partial charge in [0, 0.05) is 5.69 Å².